The maximum atomic E-state index is 10.6. The first kappa shape index (κ1) is 11.3. The van der Waals surface area contributed by atoms with E-state index in [1.165, 1.54) is 6.07 Å². The van der Waals surface area contributed by atoms with Crippen molar-refractivity contribution in [2.75, 3.05) is 11.9 Å². The molecule has 1 fully saturated rings. The average Bonchev–Trinajstić information content (AvgIpc) is 2.94. The predicted molar refractivity (Wildman–Crippen MR) is 65.0 cm³/mol. The first-order valence-corrected chi connectivity index (χ1v) is 5.84. The molecule has 0 aromatic carbocycles. The van der Waals surface area contributed by atoms with Crippen molar-refractivity contribution < 1.29 is 4.92 Å². The number of nitrogens with zero attached hydrogens (tertiary/aromatic N) is 2. The Hall–Kier alpha value is -1.17. The number of nitro groups is 1. The number of pyridine rings is 1. The van der Waals surface area contributed by atoms with Gasteiger partial charge in [-0.2, -0.15) is 0 Å². The zero-order chi connectivity index (χ0) is 11.8. The summed E-state index contributed by atoms with van der Waals surface area (Å²) in [6.07, 6.45) is 2.32. The smallest absolute Gasteiger partial charge is 0.290 e. The lowest BCUT2D eigenvalue weighted by Gasteiger charge is -2.09. The molecule has 1 heterocycles. The van der Waals surface area contributed by atoms with Gasteiger partial charge in [0.1, 0.15) is 11.5 Å². The second-order valence-electron chi connectivity index (χ2n) is 4.06. The number of nitrogens with one attached hydrogen (secondary N) is 1. The lowest BCUT2D eigenvalue weighted by molar-refractivity contribution is -0.385. The number of rotatable bonds is 4. The fourth-order valence-corrected chi connectivity index (χ4v) is 1.74. The van der Waals surface area contributed by atoms with Crippen molar-refractivity contribution >= 4 is 27.4 Å². The molecule has 0 bridgehead atoms. The molecule has 0 radical (unpaired) electrons. The topological polar surface area (TPSA) is 68.1 Å². The summed E-state index contributed by atoms with van der Waals surface area (Å²) in [7, 11) is 0. The van der Waals surface area contributed by atoms with Gasteiger partial charge in [-0.15, -0.1) is 0 Å². The summed E-state index contributed by atoms with van der Waals surface area (Å²) >= 11 is 3.60. The second kappa shape index (κ2) is 4.01. The fraction of sp³-hybridized carbons (Fsp3) is 0.500. The Morgan fingerprint density at radius 3 is 2.81 bits per heavy atom. The molecule has 1 aliphatic rings. The van der Waals surface area contributed by atoms with Crippen LogP contribution in [-0.2, 0) is 0 Å². The maximum absolute atomic E-state index is 10.6. The molecule has 16 heavy (non-hydrogen) atoms. The first-order chi connectivity index (χ1) is 7.50. The van der Waals surface area contributed by atoms with Crippen LogP contribution in [0.2, 0.25) is 0 Å². The van der Waals surface area contributed by atoms with Gasteiger partial charge in [0.05, 0.1) is 4.92 Å². The molecule has 0 atom stereocenters. The van der Waals surface area contributed by atoms with Gasteiger partial charge in [-0.1, -0.05) is 15.9 Å². The van der Waals surface area contributed by atoms with E-state index >= 15 is 0 Å². The molecule has 1 aliphatic carbocycles. The van der Waals surface area contributed by atoms with Crippen LogP contribution in [0.1, 0.15) is 18.5 Å². The monoisotopic (exact) mass is 285 g/mol. The van der Waals surface area contributed by atoms with Crippen molar-refractivity contribution in [3.05, 3.63) is 27.9 Å². The third kappa shape index (κ3) is 2.49. The van der Waals surface area contributed by atoms with E-state index in [1.807, 2.05) is 0 Å². The molecule has 5 nitrogen and oxygen atoms in total. The van der Waals surface area contributed by atoms with Gasteiger partial charge in [-0.05, 0) is 25.8 Å². The quantitative estimate of drug-likeness (QED) is 0.525. The van der Waals surface area contributed by atoms with Gasteiger partial charge in [0.15, 0.2) is 0 Å². The van der Waals surface area contributed by atoms with Gasteiger partial charge in [0.25, 0.3) is 5.69 Å². The van der Waals surface area contributed by atoms with Crippen molar-refractivity contribution in [3.8, 4) is 0 Å². The number of anilines is 1. The minimum absolute atomic E-state index is 0.0607. The van der Waals surface area contributed by atoms with E-state index < -0.39 is 4.92 Å². The standard InChI is InChI=1S/C10H12BrN3O2/c1-7-8(14(15)16)2-3-9(13-7)12-6-10(11)4-5-10/h2-3H,4-6H2,1H3,(H,12,13). The van der Waals surface area contributed by atoms with Gasteiger partial charge in [0.2, 0.25) is 0 Å². The molecule has 0 saturated heterocycles. The number of alkyl halides is 1. The molecule has 2 rings (SSSR count). The summed E-state index contributed by atoms with van der Waals surface area (Å²) in [5.74, 6) is 0.689. The zero-order valence-corrected chi connectivity index (χ0v) is 10.5. The van der Waals surface area contributed by atoms with Gasteiger partial charge in [0, 0.05) is 16.9 Å². The summed E-state index contributed by atoms with van der Waals surface area (Å²) in [6, 6.07) is 3.13. The molecule has 1 N–H and O–H groups in total. The number of halogens is 1. The first-order valence-electron chi connectivity index (χ1n) is 5.05. The molecule has 0 spiro atoms. The minimum atomic E-state index is -0.418. The summed E-state index contributed by atoms with van der Waals surface area (Å²) in [5, 5.41) is 13.8. The van der Waals surface area contributed by atoms with Crippen LogP contribution in [0.3, 0.4) is 0 Å². The van der Waals surface area contributed by atoms with Crippen LogP contribution in [0.25, 0.3) is 0 Å². The Morgan fingerprint density at radius 2 is 2.31 bits per heavy atom. The molecule has 1 saturated carbocycles. The molecule has 1 aromatic rings. The number of hydrogen-bond donors (Lipinski definition) is 1. The maximum Gasteiger partial charge on any atom is 0.290 e. The summed E-state index contributed by atoms with van der Waals surface area (Å²) in [6.45, 7) is 2.45. The Balaban J connectivity index is 2.05. The zero-order valence-electron chi connectivity index (χ0n) is 8.86. The molecule has 1 aromatic heterocycles. The van der Waals surface area contributed by atoms with E-state index in [2.05, 4.69) is 26.2 Å². The van der Waals surface area contributed by atoms with Gasteiger partial charge in [-0.3, -0.25) is 10.1 Å². The summed E-state index contributed by atoms with van der Waals surface area (Å²) in [4.78, 5) is 14.3. The number of hydrogen-bond acceptors (Lipinski definition) is 4. The van der Waals surface area contributed by atoms with Crippen molar-refractivity contribution in [1.82, 2.24) is 4.98 Å². The largest absolute Gasteiger partial charge is 0.369 e. The fourth-order valence-electron chi connectivity index (χ4n) is 1.41. The molecule has 86 valence electrons. The summed E-state index contributed by atoms with van der Waals surface area (Å²) < 4.78 is 0.213. The van der Waals surface area contributed by atoms with Crippen LogP contribution in [-0.4, -0.2) is 20.8 Å². The highest BCUT2D eigenvalue weighted by Gasteiger charge is 2.39. The summed E-state index contributed by atoms with van der Waals surface area (Å²) in [5.41, 5.74) is 0.500. The number of aryl methyl sites for hydroxylation is 1. The van der Waals surface area contributed by atoms with Gasteiger partial charge in [-0.25, -0.2) is 4.98 Å². The van der Waals surface area contributed by atoms with E-state index in [0.717, 1.165) is 19.4 Å². The van der Waals surface area contributed by atoms with E-state index in [4.69, 9.17) is 0 Å². The SMILES string of the molecule is Cc1nc(NCC2(Br)CC2)ccc1[N+](=O)[O-]. The average molecular weight is 286 g/mol. The molecule has 0 unspecified atom stereocenters. The van der Waals surface area contributed by atoms with E-state index in [-0.39, 0.29) is 10.0 Å². The van der Waals surface area contributed by atoms with E-state index in [0.29, 0.717) is 11.5 Å². The van der Waals surface area contributed by atoms with Crippen LogP contribution >= 0.6 is 15.9 Å². The van der Waals surface area contributed by atoms with Gasteiger partial charge >= 0.3 is 0 Å². The third-order valence-electron chi connectivity index (χ3n) is 2.63. The van der Waals surface area contributed by atoms with Crippen LogP contribution in [0.15, 0.2) is 12.1 Å². The Morgan fingerprint density at radius 1 is 1.62 bits per heavy atom. The van der Waals surface area contributed by atoms with Crippen molar-refractivity contribution in [1.29, 1.82) is 0 Å². The van der Waals surface area contributed by atoms with Crippen molar-refractivity contribution in [2.45, 2.75) is 24.1 Å². The normalized spacial score (nSPS) is 16.9. The minimum Gasteiger partial charge on any atom is -0.369 e. The molecule has 0 aliphatic heterocycles. The van der Waals surface area contributed by atoms with E-state index in [1.54, 1.807) is 13.0 Å². The van der Waals surface area contributed by atoms with Crippen LogP contribution in [0.5, 0.6) is 0 Å². The second-order valence-corrected chi connectivity index (χ2v) is 5.74. The van der Waals surface area contributed by atoms with Gasteiger partial charge < -0.3 is 5.32 Å². The highest BCUT2D eigenvalue weighted by atomic mass is 79.9. The van der Waals surface area contributed by atoms with Crippen molar-refractivity contribution in [2.24, 2.45) is 0 Å². The highest BCUT2D eigenvalue weighted by Crippen LogP contribution is 2.44. The number of aromatic nitrogens is 1. The van der Waals surface area contributed by atoms with E-state index in [9.17, 15) is 10.1 Å². The van der Waals surface area contributed by atoms with Crippen LogP contribution < -0.4 is 5.32 Å². The van der Waals surface area contributed by atoms with Crippen LogP contribution in [0, 0.1) is 17.0 Å². The molecule has 6 heteroatoms. The van der Waals surface area contributed by atoms with Crippen molar-refractivity contribution in [3.63, 3.8) is 0 Å². The lowest BCUT2D eigenvalue weighted by Crippen LogP contribution is -2.15. The molecular formula is C10H12BrN3O2. The Bertz CT molecular complexity index is 432. The highest BCUT2D eigenvalue weighted by molar-refractivity contribution is 9.10. The Kier molecular flexibility index (Phi) is 2.84. The molecular weight excluding hydrogens is 274 g/mol. The molecule has 0 amide bonds. The van der Waals surface area contributed by atoms with Crippen LogP contribution in [0.4, 0.5) is 11.5 Å². The Labute approximate surface area is 102 Å². The predicted octanol–water partition coefficient (Wildman–Crippen LogP) is 2.64. The third-order valence-corrected chi connectivity index (χ3v) is 3.71. The lowest BCUT2D eigenvalue weighted by atomic mass is 10.3.